The molecule has 2 heterocycles. The summed E-state index contributed by atoms with van der Waals surface area (Å²) in [7, 11) is -3.56. The van der Waals surface area contributed by atoms with Crippen molar-refractivity contribution < 1.29 is 13.2 Å². The first-order valence-corrected chi connectivity index (χ1v) is 13.5. The lowest BCUT2D eigenvalue weighted by molar-refractivity contribution is -0.119. The Bertz CT molecular complexity index is 1210. The Morgan fingerprint density at radius 1 is 1.16 bits per heavy atom. The fraction of sp³-hybridized carbons (Fsp3) is 0.375. The smallest absolute Gasteiger partial charge is 0.237 e. The normalized spacial score (nSPS) is 23.2. The van der Waals surface area contributed by atoms with Crippen LogP contribution in [0.1, 0.15) is 43.2 Å². The summed E-state index contributed by atoms with van der Waals surface area (Å²) in [6.07, 6.45) is 10.3. The second-order valence-corrected chi connectivity index (χ2v) is 11.7. The summed E-state index contributed by atoms with van der Waals surface area (Å²) in [4.78, 5) is 22.0. The number of anilines is 1. The summed E-state index contributed by atoms with van der Waals surface area (Å²) in [5, 5.41) is 5.39. The summed E-state index contributed by atoms with van der Waals surface area (Å²) in [6, 6.07) is 10.5. The van der Waals surface area contributed by atoms with Crippen LogP contribution in [-0.4, -0.2) is 24.3 Å². The Balaban J connectivity index is 1.48. The Hall–Kier alpha value is -2.58. The fourth-order valence-corrected chi connectivity index (χ4v) is 7.08. The molecule has 1 N–H and O–H groups in total. The fourth-order valence-electron chi connectivity index (χ4n) is 5.19. The molecule has 0 saturated heterocycles. The van der Waals surface area contributed by atoms with Gasteiger partial charge in [-0.05, 0) is 47.6 Å². The number of nitrogens with one attached hydrogen (secondary N) is 1. The molecule has 0 spiro atoms. The van der Waals surface area contributed by atoms with Crippen molar-refractivity contribution in [1.82, 2.24) is 9.97 Å². The molecule has 1 aromatic carbocycles. The number of benzene rings is 1. The van der Waals surface area contributed by atoms with E-state index in [1.54, 1.807) is 48.9 Å². The van der Waals surface area contributed by atoms with Gasteiger partial charge in [-0.2, -0.15) is 0 Å². The van der Waals surface area contributed by atoms with Crippen molar-refractivity contribution in [2.45, 2.75) is 48.2 Å². The van der Waals surface area contributed by atoms with E-state index in [0.29, 0.717) is 16.6 Å². The minimum absolute atomic E-state index is 0.0776. The first kappa shape index (κ1) is 21.3. The number of thiazole rings is 1. The molecule has 2 atom stereocenters. The quantitative estimate of drug-likeness (QED) is 0.549. The van der Waals surface area contributed by atoms with E-state index in [4.69, 9.17) is 0 Å². The number of carbonyl (C=O) groups is 1. The number of sulfone groups is 1. The van der Waals surface area contributed by atoms with Gasteiger partial charge < -0.3 is 5.32 Å². The van der Waals surface area contributed by atoms with Crippen LogP contribution in [0, 0.1) is 11.8 Å². The SMILES string of the molecule is O=C(Nc1nccs1)[C@]1(c2cccc(S(=O)(=O)Cc3cccnc3)c2)C[C@H]1C1CCCC1. The number of rotatable bonds is 7. The van der Waals surface area contributed by atoms with Crippen molar-refractivity contribution in [3.63, 3.8) is 0 Å². The number of nitrogens with zero attached hydrogens (tertiary/aromatic N) is 2. The minimum atomic E-state index is -3.56. The van der Waals surface area contributed by atoms with Crippen LogP contribution in [0.3, 0.4) is 0 Å². The van der Waals surface area contributed by atoms with Gasteiger partial charge in [0.15, 0.2) is 15.0 Å². The lowest BCUT2D eigenvalue weighted by atomic mass is 9.87. The van der Waals surface area contributed by atoms with E-state index in [1.807, 2.05) is 11.4 Å². The van der Waals surface area contributed by atoms with Crippen LogP contribution in [0.25, 0.3) is 0 Å². The molecule has 8 heteroatoms. The van der Waals surface area contributed by atoms with Crippen molar-refractivity contribution >= 4 is 32.2 Å². The second kappa shape index (κ2) is 8.41. The molecule has 3 aromatic rings. The van der Waals surface area contributed by atoms with Crippen molar-refractivity contribution in [1.29, 1.82) is 0 Å². The maximum atomic E-state index is 13.5. The van der Waals surface area contributed by atoms with Gasteiger partial charge >= 0.3 is 0 Å². The van der Waals surface area contributed by atoms with Gasteiger partial charge in [-0.15, -0.1) is 11.3 Å². The van der Waals surface area contributed by atoms with Crippen LogP contribution in [0.5, 0.6) is 0 Å². The van der Waals surface area contributed by atoms with Gasteiger partial charge in [-0.25, -0.2) is 13.4 Å². The zero-order chi connectivity index (χ0) is 22.2. The Morgan fingerprint density at radius 3 is 2.72 bits per heavy atom. The largest absolute Gasteiger partial charge is 0.301 e. The van der Waals surface area contributed by atoms with Gasteiger partial charge in [0.05, 0.1) is 16.1 Å². The van der Waals surface area contributed by atoms with E-state index in [-0.39, 0.29) is 22.5 Å². The molecular formula is C24H25N3O3S2. The molecule has 0 unspecified atom stereocenters. The molecule has 2 aliphatic carbocycles. The van der Waals surface area contributed by atoms with Gasteiger partial charge in [0, 0.05) is 24.0 Å². The zero-order valence-corrected chi connectivity index (χ0v) is 19.2. The molecule has 5 rings (SSSR count). The van der Waals surface area contributed by atoms with E-state index in [1.165, 1.54) is 24.2 Å². The van der Waals surface area contributed by atoms with Gasteiger partial charge in [0.1, 0.15) is 0 Å². The van der Waals surface area contributed by atoms with Gasteiger partial charge in [-0.3, -0.25) is 9.78 Å². The van der Waals surface area contributed by atoms with E-state index in [0.717, 1.165) is 24.8 Å². The van der Waals surface area contributed by atoms with Crippen LogP contribution in [0.15, 0.2) is 65.3 Å². The standard InChI is InChI=1S/C24H25N3O3S2/c28-22(27-23-26-11-12-31-23)24(14-21(24)18-6-1-2-7-18)19-8-3-9-20(13-19)32(29,30)16-17-5-4-10-25-15-17/h3-5,8-13,15,18,21H,1-2,6-7,14,16H2,(H,26,27,28)/t21-,24-/m0/s1. The molecule has 2 aliphatic rings. The van der Waals surface area contributed by atoms with E-state index in [9.17, 15) is 13.2 Å². The molecule has 0 aliphatic heterocycles. The number of carbonyl (C=O) groups excluding carboxylic acids is 1. The number of hydrogen-bond acceptors (Lipinski definition) is 6. The maximum absolute atomic E-state index is 13.5. The molecule has 166 valence electrons. The van der Waals surface area contributed by atoms with E-state index < -0.39 is 15.3 Å². The molecule has 0 bridgehead atoms. The van der Waals surface area contributed by atoms with Crippen molar-refractivity contribution in [2.75, 3.05) is 5.32 Å². The Morgan fingerprint density at radius 2 is 2.00 bits per heavy atom. The third-order valence-electron chi connectivity index (χ3n) is 6.83. The summed E-state index contributed by atoms with van der Waals surface area (Å²) in [5.41, 5.74) is 0.737. The summed E-state index contributed by atoms with van der Waals surface area (Å²) < 4.78 is 26.3. The maximum Gasteiger partial charge on any atom is 0.237 e. The highest BCUT2D eigenvalue weighted by atomic mass is 32.2. The zero-order valence-electron chi connectivity index (χ0n) is 17.6. The number of hydrogen-bond donors (Lipinski definition) is 1. The highest BCUT2D eigenvalue weighted by Gasteiger charge is 2.63. The van der Waals surface area contributed by atoms with Crippen LogP contribution in [-0.2, 0) is 25.8 Å². The van der Waals surface area contributed by atoms with E-state index >= 15 is 0 Å². The highest BCUT2D eigenvalue weighted by molar-refractivity contribution is 7.90. The van der Waals surface area contributed by atoms with Gasteiger partial charge in [0.25, 0.3) is 0 Å². The van der Waals surface area contributed by atoms with Gasteiger partial charge in [0.2, 0.25) is 5.91 Å². The average molecular weight is 468 g/mol. The highest BCUT2D eigenvalue weighted by Crippen LogP contribution is 2.61. The average Bonchev–Trinajstić information content (AvgIpc) is 3.12. The monoisotopic (exact) mass is 467 g/mol. The van der Waals surface area contributed by atoms with Crippen molar-refractivity contribution in [2.24, 2.45) is 11.8 Å². The summed E-state index contributed by atoms with van der Waals surface area (Å²) in [5.74, 6) is 0.550. The minimum Gasteiger partial charge on any atom is -0.301 e. The van der Waals surface area contributed by atoms with Crippen LogP contribution in [0.2, 0.25) is 0 Å². The molecule has 1 amide bonds. The first-order valence-electron chi connectivity index (χ1n) is 10.9. The lowest BCUT2D eigenvalue weighted by Gasteiger charge is -2.21. The number of aromatic nitrogens is 2. The molecule has 2 saturated carbocycles. The number of pyridine rings is 1. The molecule has 0 radical (unpaired) electrons. The predicted octanol–water partition coefficient (Wildman–Crippen LogP) is 4.60. The molecule has 2 aromatic heterocycles. The van der Waals surface area contributed by atoms with E-state index in [2.05, 4.69) is 15.3 Å². The number of amides is 1. The third-order valence-corrected chi connectivity index (χ3v) is 9.20. The van der Waals surface area contributed by atoms with Crippen LogP contribution < -0.4 is 5.32 Å². The molecular weight excluding hydrogens is 442 g/mol. The first-order chi connectivity index (χ1) is 15.5. The lowest BCUT2D eigenvalue weighted by Crippen LogP contribution is -2.31. The summed E-state index contributed by atoms with van der Waals surface area (Å²) >= 11 is 1.39. The molecule has 6 nitrogen and oxygen atoms in total. The summed E-state index contributed by atoms with van der Waals surface area (Å²) in [6.45, 7) is 0. The topological polar surface area (TPSA) is 89.0 Å². The third kappa shape index (κ3) is 3.97. The van der Waals surface area contributed by atoms with Crippen molar-refractivity contribution in [3.8, 4) is 0 Å². The predicted molar refractivity (Wildman–Crippen MR) is 124 cm³/mol. The van der Waals surface area contributed by atoms with Gasteiger partial charge in [-0.1, -0.05) is 43.9 Å². The Labute approximate surface area is 192 Å². The van der Waals surface area contributed by atoms with Crippen molar-refractivity contribution in [3.05, 3.63) is 71.5 Å². The van der Waals surface area contributed by atoms with Crippen LogP contribution in [0.4, 0.5) is 5.13 Å². The molecule has 32 heavy (non-hydrogen) atoms. The van der Waals surface area contributed by atoms with Crippen LogP contribution >= 0.6 is 11.3 Å². The second-order valence-electron chi connectivity index (χ2n) is 8.77. The molecule has 2 fully saturated rings. The Kier molecular flexibility index (Phi) is 5.59.